The smallest absolute Gasteiger partial charge is 0.416 e. The van der Waals surface area contributed by atoms with Crippen LogP contribution in [0.25, 0.3) is 0 Å². The van der Waals surface area contributed by atoms with Crippen molar-refractivity contribution in [2.24, 2.45) is 0 Å². The van der Waals surface area contributed by atoms with E-state index in [2.05, 4.69) is 5.32 Å². The third-order valence-corrected chi connectivity index (χ3v) is 3.42. The standard InChI is InChI=1S/C19H20F3NO3/c1-3-10-26-16-9-8-13(11-17(16)25-4-2)18(24)23-15-7-5-6-14(12-15)19(20,21)22/h5-9,11-12H,3-4,10H2,1-2H3,(H,23,24). The van der Waals surface area contributed by atoms with Gasteiger partial charge in [0.1, 0.15) is 0 Å². The molecule has 26 heavy (non-hydrogen) atoms. The molecule has 0 aliphatic heterocycles. The predicted molar refractivity (Wildman–Crippen MR) is 92.8 cm³/mol. The molecule has 0 aliphatic rings. The van der Waals surface area contributed by atoms with Crippen LogP contribution < -0.4 is 14.8 Å². The van der Waals surface area contributed by atoms with Gasteiger partial charge in [0, 0.05) is 11.3 Å². The molecule has 1 amide bonds. The molecule has 0 saturated heterocycles. The Balaban J connectivity index is 2.20. The number of rotatable bonds is 7. The number of carbonyl (C=O) groups excluding carboxylic acids is 1. The Labute approximate surface area is 149 Å². The Bertz CT molecular complexity index is 760. The largest absolute Gasteiger partial charge is 0.490 e. The topological polar surface area (TPSA) is 47.6 Å². The summed E-state index contributed by atoms with van der Waals surface area (Å²) in [6.07, 6.45) is -3.65. The second-order valence-corrected chi connectivity index (χ2v) is 5.48. The highest BCUT2D eigenvalue weighted by atomic mass is 19.4. The maximum Gasteiger partial charge on any atom is 0.416 e. The van der Waals surface area contributed by atoms with Gasteiger partial charge in [0.05, 0.1) is 18.8 Å². The van der Waals surface area contributed by atoms with Gasteiger partial charge in [0.25, 0.3) is 5.91 Å². The van der Waals surface area contributed by atoms with Crippen LogP contribution in [0.15, 0.2) is 42.5 Å². The lowest BCUT2D eigenvalue weighted by Crippen LogP contribution is -2.13. The lowest BCUT2D eigenvalue weighted by Gasteiger charge is -2.13. The van der Waals surface area contributed by atoms with Crippen LogP contribution in [0.4, 0.5) is 18.9 Å². The molecule has 140 valence electrons. The monoisotopic (exact) mass is 367 g/mol. The van der Waals surface area contributed by atoms with E-state index in [-0.39, 0.29) is 11.3 Å². The van der Waals surface area contributed by atoms with Gasteiger partial charge >= 0.3 is 6.18 Å². The quantitative estimate of drug-likeness (QED) is 0.737. The zero-order valence-corrected chi connectivity index (χ0v) is 14.5. The molecule has 0 spiro atoms. The summed E-state index contributed by atoms with van der Waals surface area (Å²) in [6, 6.07) is 9.14. The molecule has 2 aromatic carbocycles. The first kappa shape index (κ1) is 19.6. The number of nitrogens with one attached hydrogen (secondary N) is 1. The summed E-state index contributed by atoms with van der Waals surface area (Å²) in [7, 11) is 0. The fourth-order valence-electron chi connectivity index (χ4n) is 2.23. The van der Waals surface area contributed by atoms with Gasteiger partial charge < -0.3 is 14.8 Å². The summed E-state index contributed by atoms with van der Waals surface area (Å²) in [4.78, 5) is 12.4. The Morgan fingerprint density at radius 3 is 2.46 bits per heavy atom. The zero-order chi connectivity index (χ0) is 19.2. The minimum atomic E-state index is -4.47. The van der Waals surface area contributed by atoms with Crippen molar-refractivity contribution in [1.29, 1.82) is 0 Å². The third-order valence-electron chi connectivity index (χ3n) is 3.42. The highest BCUT2D eigenvalue weighted by molar-refractivity contribution is 6.04. The van der Waals surface area contributed by atoms with Gasteiger partial charge in [-0.15, -0.1) is 0 Å². The van der Waals surface area contributed by atoms with E-state index in [1.165, 1.54) is 24.3 Å². The fourth-order valence-corrected chi connectivity index (χ4v) is 2.23. The lowest BCUT2D eigenvalue weighted by atomic mass is 10.1. The van der Waals surface area contributed by atoms with E-state index >= 15 is 0 Å². The molecule has 0 aromatic heterocycles. The van der Waals surface area contributed by atoms with Crippen molar-refractivity contribution >= 4 is 11.6 Å². The third kappa shape index (κ3) is 5.15. The van der Waals surface area contributed by atoms with Crippen molar-refractivity contribution in [3.63, 3.8) is 0 Å². The molecule has 4 nitrogen and oxygen atoms in total. The summed E-state index contributed by atoms with van der Waals surface area (Å²) in [5, 5.41) is 2.47. The van der Waals surface area contributed by atoms with Crippen LogP contribution in [0, 0.1) is 0 Å². The van der Waals surface area contributed by atoms with Crippen LogP contribution in [0.3, 0.4) is 0 Å². The highest BCUT2D eigenvalue weighted by Crippen LogP contribution is 2.31. The summed E-state index contributed by atoms with van der Waals surface area (Å²) in [5.74, 6) is 0.397. The Morgan fingerprint density at radius 1 is 1.04 bits per heavy atom. The molecule has 2 rings (SSSR count). The second-order valence-electron chi connectivity index (χ2n) is 5.48. The first-order valence-corrected chi connectivity index (χ1v) is 8.23. The maximum absolute atomic E-state index is 12.8. The average Bonchev–Trinajstić information content (AvgIpc) is 2.60. The van der Waals surface area contributed by atoms with Gasteiger partial charge in [-0.05, 0) is 49.7 Å². The van der Waals surface area contributed by atoms with Crippen molar-refractivity contribution in [2.75, 3.05) is 18.5 Å². The fraction of sp³-hybridized carbons (Fsp3) is 0.316. The van der Waals surface area contributed by atoms with Crippen LogP contribution in [0.1, 0.15) is 36.2 Å². The molecule has 1 N–H and O–H groups in total. The molecule has 0 radical (unpaired) electrons. The van der Waals surface area contributed by atoms with E-state index in [1.807, 2.05) is 6.92 Å². The van der Waals surface area contributed by atoms with Crippen molar-refractivity contribution in [1.82, 2.24) is 0 Å². The number of amides is 1. The van der Waals surface area contributed by atoms with E-state index < -0.39 is 17.6 Å². The van der Waals surface area contributed by atoms with Crippen molar-refractivity contribution in [3.05, 3.63) is 53.6 Å². The first-order chi connectivity index (χ1) is 12.3. The van der Waals surface area contributed by atoms with Gasteiger partial charge in [-0.1, -0.05) is 13.0 Å². The molecule has 0 unspecified atom stereocenters. The normalized spacial score (nSPS) is 11.1. The second kappa shape index (κ2) is 8.60. The summed E-state index contributed by atoms with van der Waals surface area (Å²) >= 11 is 0. The van der Waals surface area contributed by atoms with Gasteiger partial charge in [-0.3, -0.25) is 4.79 Å². The number of benzene rings is 2. The Hall–Kier alpha value is -2.70. The van der Waals surface area contributed by atoms with Gasteiger partial charge in [0.15, 0.2) is 11.5 Å². The SMILES string of the molecule is CCCOc1ccc(C(=O)Nc2cccc(C(F)(F)F)c2)cc1OCC. The number of alkyl halides is 3. The van der Waals surface area contributed by atoms with Crippen molar-refractivity contribution < 1.29 is 27.4 Å². The van der Waals surface area contributed by atoms with Crippen molar-refractivity contribution in [2.45, 2.75) is 26.4 Å². The molecular formula is C19H20F3NO3. The number of hydrogen-bond donors (Lipinski definition) is 1. The molecule has 0 aliphatic carbocycles. The lowest BCUT2D eigenvalue weighted by molar-refractivity contribution is -0.137. The van der Waals surface area contributed by atoms with Gasteiger partial charge in [-0.2, -0.15) is 13.2 Å². The Kier molecular flexibility index (Phi) is 6.49. The van der Waals surface area contributed by atoms with Crippen LogP contribution in [0.5, 0.6) is 11.5 Å². The van der Waals surface area contributed by atoms with E-state index in [0.717, 1.165) is 18.6 Å². The highest BCUT2D eigenvalue weighted by Gasteiger charge is 2.30. The number of hydrogen-bond acceptors (Lipinski definition) is 3. The summed E-state index contributed by atoms with van der Waals surface area (Å²) in [6.45, 7) is 4.67. The van der Waals surface area contributed by atoms with E-state index in [9.17, 15) is 18.0 Å². The molecule has 0 heterocycles. The number of halogens is 3. The van der Waals surface area contributed by atoms with Crippen LogP contribution in [0.2, 0.25) is 0 Å². The van der Waals surface area contributed by atoms with Crippen LogP contribution in [-0.2, 0) is 6.18 Å². The molecule has 0 saturated carbocycles. The minimum Gasteiger partial charge on any atom is -0.490 e. The molecule has 7 heteroatoms. The molecule has 2 aromatic rings. The number of anilines is 1. The van der Waals surface area contributed by atoms with E-state index in [4.69, 9.17) is 9.47 Å². The minimum absolute atomic E-state index is 0.0640. The maximum atomic E-state index is 12.8. The predicted octanol–water partition coefficient (Wildman–Crippen LogP) is 5.15. The van der Waals surface area contributed by atoms with E-state index in [1.54, 1.807) is 13.0 Å². The Morgan fingerprint density at radius 2 is 1.81 bits per heavy atom. The van der Waals surface area contributed by atoms with Crippen LogP contribution in [-0.4, -0.2) is 19.1 Å². The molecular weight excluding hydrogens is 347 g/mol. The van der Waals surface area contributed by atoms with E-state index in [0.29, 0.717) is 24.7 Å². The summed E-state index contributed by atoms with van der Waals surface area (Å²) in [5.41, 5.74) is -0.502. The average molecular weight is 367 g/mol. The number of carbonyl (C=O) groups is 1. The summed E-state index contributed by atoms with van der Waals surface area (Å²) < 4.78 is 49.4. The van der Waals surface area contributed by atoms with Crippen molar-refractivity contribution in [3.8, 4) is 11.5 Å². The molecule has 0 bridgehead atoms. The van der Waals surface area contributed by atoms with Crippen LogP contribution >= 0.6 is 0 Å². The number of ether oxygens (including phenoxy) is 2. The molecule has 0 fully saturated rings. The first-order valence-electron chi connectivity index (χ1n) is 8.23. The van der Waals surface area contributed by atoms with Gasteiger partial charge in [0.2, 0.25) is 0 Å². The molecule has 0 atom stereocenters. The zero-order valence-electron chi connectivity index (χ0n) is 14.5. The van der Waals surface area contributed by atoms with Gasteiger partial charge in [-0.25, -0.2) is 0 Å².